The van der Waals surface area contributed by atoms with E-state index in [-0.39, 0.29) is 45.4 Å². The maximum absolute atomic E-state index is 11.9. The molecule has 276 valence electrons. The first-order valence-electron chi connectivity index (χ1n) is 15.5. The van der Waals surface area contributed by atoms with E-state index in [2.05, 4.69) is 42.5 Å². The number of hydrogen-bond acceptors (Lipinski definition) is 12. The Bertz CT molecular complexity index is 1350. The lowest BCUT2D eigenvalue weighted by Crippen LogP contribution is -2.45. The average Bonchev–Trinajstić information content (AvgIpc) is 3.59. The molecule has 8 N–H and O–H groups in total. The Morgan fingerprint density at radius 3 is 0.882 bits per heavy atom. The molecule has 2 rings (SSSR count). The Balaban J connectivity index is 1.43. The van der Waals surface area contributed by atoms with E-state index in [1.807, 2.05) is 0 Å². The molecular weight excluding hydrogens is 680 g/mol. The van der Waals surface area contributed by atoms with Crippen molar-refractivity contribution < 1.29 is 57.5 Å². The van der Waals surface area contributed by atoms with Crippen LogP contribution < -0.4 is 42.5 Å². The second-order valence-electron chi connectivity index (χ2n) is 10.5. The third-order valence-corrected chi connectivity index (χ3v) is 6.60. The van der Waals surface area contributed by atoms with Crippen molar-refractivity contribution in [2.45, 2.75) is 19.3 Å². The Hall–Kier alpha value is -6.48. The number of carbonyl (C=O) groups is 12. The van der Waals surface area contributed by atoms with Gasteiger partial charge in [-0.15, -0.1) is 0 Å². The fourth-order valence-corrected chi connectivity index (χ4v) is 3.95. The third kappa shape index (κ3) is 16.5. The molecule has 22 nitrogen and oxygen atoms in total. The van der Waals surface area contributed by atoms with E-state index in [0.29, 0.717) is 0 Å². The molecule has 0 fully saturated rings. The highest BCUT2D eigenvalue weighted by molar-refractivity contribution is 6.13. The highest BCUT2D eigenvalue weighted by Crippen LogP contribution is 2.02. The van der Waals surface area contributed by atoms with Gasteiger partial charge in [-0.3, -0.25) is 67.3 Å². The quantitative estimate of drug-likeness (QED) is 0.0485. The minimum Gasteiger partial charge on any atom is -0.353 e. The molecule has 22 heteroatoms. The van der Waals surface area contributed by atoms with E-state index >= 15 is 0 Å². The van der Waals surface area contributed by atoms with Crippen LogP contribution in [0.25, 0.3) is 0 Å². The smallest absolute Gasteiger partial charge is 0.253 e. The van der Waals surface area contributed by atoms with E-state index in [1.54, 1.807) is 0 Å². The fraction of sp³-hybridized carbons (Fsp3) is 0.448. The zero-order valence-corrected chi connectivity index (χ0v) is 27.3. The minimum absolute atomic E-state index is 0.0160. The maximum atomic E-state index is 11.9. The minimum atomic E-state index is -0.694. The molecule has 0 aromatic rings. The molecule has 0 aromatic heterocycles. The van der Waals surface area contributed by atoms with Gasteiger partial charge in [0.2, 0.25) is 47.3 Å². The molecule has 0 unspecified atom stereocenters. The van der Waals surface area contributed by atoms with Gasteiger partial charge in [0.25, 0.3) is 23.6 Å². The summed E-state index contributed by atoms with van der Waals surface area (Å²) in [4.78, 5) is 143. The van der Waals surface area contributed by atoms with Crippen LogP contribution in [0.5, 0.6) is 0 Å². The van der Waals surface area contributed by atoms with Crippen molar-refractivity contribution in [1.29, 1.82) is 0 Å². The van der Waals surface area contributed by atoms with Crippen molar-refractivity contribution in [1.82, 2.24) is 52.3 Å². The largest absolute Gasteiger partial charge is 0.353 e. The summed E-state index contributed by atoms with van der Waals surface area (Å²) in [6.07, 6.45) is 4.27. The molecule has 0 radical (unpaired) electrons. The Kier molecular flexibility index (Phi) is 17.1. The highest BCUT2D eigenvalue weighted by atomic mass is 16.2. The van der Waals surface area contributed by atoms with E-state index in [0.717, 1.165) is 34.1 Å². The van der Waals surface area contributed by atoms with Crippen molar-refractivity contribution in [3.8, 4) is 0 Å². The number of hydrogen-bond donors (Lipinski definition) is 8. The molecule has 12 amide bonds. The second kappa shape index (κ2) is 21.5. The molecule has 0 spiro atoms. The lowest BCUT2D eigenvalue weighted by atomic mass is 10.2. The van der Waals surface area contributed by atoms with Crippen LogP contribution in [0.3, 0.4) is 0 Å². The van der Waals surface area contributed by atoms with Gasteiger partial charge in [-0.05, 0) is 6.42 Å². The van der Waals surface area contributed by atoms with Crippen molar-refractivity contribution in [2.24, 2.45) is 0 Å². The Morgan fingerprint density at radius 2 is 0.608 bits per heavy atom. The summed E-state index contributed by atoms with van der Waals surface area (Å²) in [6.45, 7) is -2.81. The molecule has 2 heterocycles. The summed E-state index contributed by atoms with van der Waals surface area (Å²) in [5, 5.41) is 18.5. The van der Waals surface area contributed by atoms with Gasteiger partial charge in [-0.2, -0.15) is 0 Å². The molecule has 0 saturated carbocycles. The first kappa shape index (κ1) is 40.7. The van der Waals surface area contributed by atoms with Crippen LogP contribution in [0.15, 0.2) is 24.3 Å². The van der Waals surface area contributed by atoms with E-state index in [9.17, 15) is 57.5 Å². The first-order chi connectivity index (χ1) is 24.2. The number of imide groups is 2. The Morgan fingerprint density at radius 1 is 0.373 bits per heavy atom. The molecule has 2 aliphatic heterocycles. The number of nitrogens with one attached hydrogen (secondary N) is 8. The van der Waals surface area contributed by atoms with Gasteiger partial charge in [0.15, 0.2) is 0 Å². The van der Waals surface area contributed by atoms with Crippen molar-refractivity contribution >= 4 is 70.9 Å². The van der Waals surface area contributed by atoms with Gasteiger partial charge in [0, 0.05) is 63.3 Å². The average molecular weight is 719 g/mol. The Labute approximate surface area is 289 Å². The van der Waals surface area contributed by atoms with Crippen LogP contribution >= 0.6 is 0 Å². The van der Waals surface area contributed by atoms with Gasteiger partial charge in [0.1, 0.15) is 0 Å². The normalized spacial score (nSPS) is 13.1. The molecule has 0 bridgehead atoms. The standard InChI is InChI=1S/C29H38N10O12/c40-18(32-14-22(44)36-16-24(46)34-12-20(42)30-8-10-38-26(48)4-5-27(38)49)2-1-3-19(41)33-15-23(45)37-17-25(47)35-13-21(43)31-9-11-39-28(50)6-7-29(39)51/h4-7H,1-3,8-17H2,(H,30,42)(H,31,43)(H,32,40)(H,33,41)(H,34,46)(H,35,47)(H,36,44)(H,37,45). The van der Waals surface area contributed by atoms with E-state index in [4.69, 9.17) is 0 Å². The van der Waals surface area contributed by atoms with E-state index < -0.39 is 110 Å². The summed E-state index contributed by atoms with van der Waals surface area (Å²) in [7, 11) is 0. The van der Waals surface area contributed by atoms with Crippen molar-refractivity contribution in [3.05, 3.63) is 24.3 Å². The molecule has 2 aliphatic rings. The fourth-order valence-electron chi connectivity index (χ4n) is 3.95. The summed E-state index contributed by atoms with van der Waals surface area (Å²) < 4.78 is 0. The third-order valence-electron chi connectivity index (χ3n) is 6.60. The molecule has 0 saturated heterocycles. The molecule has 51 heavy (non-hydrogen) atoms. The summed E-state index contributed by atoms with van der Waals surface area (Å²) in [6, 6.07) is 0. The maximum Gasteiger partial charge on any atom is 0.253 e. The highest BCUT2D eigenvalue weighted by Gasteiger charge is 2.23. The zero-order valence-electron chi connectivity index (χ0n) is 27.3. The van der Waals surface area contributed by atoms with Gasteiger partial charge in [-0.1, -0.05) is 0 Å². The molecule has 0 aliphatic carbocycles. The van der Waals surface area contributed by atoms with Gasteiger partial charge < -0.3 is 42.5 Å². The predicted molar refractivity (Wildman–Crippen MR) is 170 cm³/mol. The number of carbonyl (C=O) groups excluding carboxylic acids is 12. The topological polar surface area (TPSA) is 308 Å². The predicted octanol–water partition coefficient (Wildman–Crippen LogP) is -7.06. The lowest BCUT2D eigenvalue weighted by Gasteiger charge is -2.14. The monoisotopic (exact) mass is 718 g/mol. The number of rotatable bonds is 22. The van der Waals surface area contributed by atoms with Crippen LogP contribution in [0.4, 0.5) is 0 Å². The molecule has 0 atom stereocenters. The summed E-state index contributed by atoms with van der Waals surface area (Å²) >= 11 is 0. The molecular formula is C29H38N10O12. The van der Waals surface area contributed by atoms with Gasteiger partial charge in [-0.25, -0.2) is 0 Å². The number of amides is 12. The van der Waals surface area contributed by atoms with Crippen LogP contribution in [0, 0.1) is 0 Å². The summed E-state index contributed by atoms with van der Waals surface area (Å²) in [5.41, 5.74) is 0. The van der Waals surface area contributed by atoms with Crippen LogP contribution in [-0.4, -0.2) is 146 Å². The SMILES string of the molecule is O=C(CCCC(=O)NCC(=O)NCC(=O)NCC(=O)NCCN1C(=O)C=CC1=O)NCC(=O)NCC(=O)NCC(=O)NCCN1C(=O)C=CC1=O. The van der Waals surface area contributed by atoms with Crippen LogP contribution in [-0.2, 0) is 57.5 Å². The zero-order chi connectivity index (χ0) is 37.8. The van der Waals surface area contributed by atoms with Crippen molar-refractivity contribution in [2.75, 3.05) is 65.4 Å². The molecule has 0 aromatic carbocycles. The second-order valence-corrected chi connectivity index (χ2v) is 10.5. The van der Waals surface area contributed by atoms with Crippen LogP contribution in [0.2, 0.25) is 0 Å². The first-order valence-corrected chi connectivity index (χ1v) is 15.5. The lowest BCUT2D eigenvalue weighted by molar-refractivity contribution is -0.138. The van der Waals surface area contributed by atoms with Gasteiger partial charge >= 0.3 is 0 Å². The van der Waals surface area contributed by atoms with Crippen molar-refractivity contribution in [3.63, 3.8) is 0 Å². The van der Waals surface area contributed by atoms with Gasteiger partial charge in [0.05, 0.1) is 39.3 Å². The summed E-state index contributed by atoms with van der Waals surface area (Å²) in [5.74, 6) is -7.02. The number of nitrogens with zero attached hydrogens (tertiary/aromatic N) is 2. The van der Waals surface area contributed by atoms with E-state index in [1.165, 1.54) is 0 Å². The van der Waals surface area contributed by atoms with Crippen LogP contribution in [0.1, 0.15) is 19.3 Å².